The molecule has 3 N–H and O–H groups in total. The first kappa shape index (κ1) is 11.8. The first-order valence-corrected chi connectivity index (χ1v) is 5.48. The molecule has 0 aromatic carbocycles. The van der Waals surface area contributed by atoms with Crippen LogP contribution in [0, 0.1) is 6.92 Å². The number of aliphatic hydroxyl groups excluding tert-OH is 1. The van der Waals surface area contributed by atoms with Gasteiger partial charge in [0.15, 0.2) is 0 Å². The molecule has 0 aliphatic carbocycles. The van der Waals surface area contributed by atoms with Gasteiger partial charge in [0.25, 0.3) is 0 Å². The van der Waals surface area contributed by atoms with Gasteiger partial charge >= 0.3 is 0 Å². The van der Waals surface area contributed by atoms with Gasteiger partial charge in [-0.25, -0.2) is 9.97 Å². The molecular weight excluding hydrogens is 238 g/mol. The van der Waals surface area contributed by atoms with Crippen molar-refractivity contribution in [3.8, 4) is 0 Å². The first-order valence-electron chi connectivity index (χ1n) is 5.10. The minimum atomic E-state index is -0.843. The van der Waals surface area contributed by atoms with E-state index >= 15 is 0 Å². The highest BCUT2D eigenvalue weighted by Gasteiger charge is 2.17. The molecule has 2 aromatic rings. The number of nitrogens with two attached hydrogens (primary N) is 1. The number of nitrogens with zero attached hydrogens (tertiary/aromatic N) is 2. The van der Waals surface area contributed by atoms with E-state index in [2.05, 4.69) is 9.97 Å². The standard InChI is InChI=1S/C12H12ClN3O/c1-7-2-4-16-12(14)10(7)11(17)8-3-5-15-9(13)6-8/h2-6,11,17H,1H3,(H2,14,16). The van der Waals surface area contributed by atoms with E-state index in [9.17, 15) is 5.11 Å². The summed E-state index contributed by atoms with van der Waals surface area (Å²) in [5.74, 6) is 0.324. The number of anilines is 1. The second kappa shape index (κ2) is 4.69. The predicted octanol–water partition coefficient (Wildman–Crippen LogP) is 2.10. The molecule has 2 rings (SSSR count). The molecule has 0 spiro atoms. The minimum absolute atomic E-state index is 0.324. The lowest BCUT2D eigenvalue weighted by Gasteiger charge is -2.15. The van der Waals surface area contributed by atoms with Crippen molar-refractivity contribution in [3.63, 3.8) is 0 Å². The third-order valence-corrected chi connectivity index (χ3v) is 2.79. The van der Waals surface area contributed by atoms with Crippen molar-refractivity contribution in [1.82, 2.24) is 9.97 Å². The van der Waals surface area contributed by atoms with Gasteiger partial charge in [0.05, 0.1) is 0 Å². The van der Waals surface area contributed by atoms with Crippen LogP contribution in [0.15, 0.2) is 30.6 Å². The number of halogens is 1. The zero-order valence-corrected chi connectivity index (χ0v) is 10.0. The molecule has 0 radical (unpaired) electrons. The van der Waals surface area contributed by atoms with E-state index in [-0.39, 0.29) is 0 Å². The topological polar surface area (TPSA) is 72.0 Å². The van der Waals surface area contributed by atoms with Crippen LogP contribution >= 0.6 is 11.6 Å². The van der Waals surface area contributed by atoms with E-state index in [0.717, 1.165) is 5.56 Å². The molecule has 17 heavy (non-hydrogen) atoms. The highest BCUT2D eigenvalue weighted by molar-refractivity contribution is 6.29. The zero-order valence-electron chi connectivity index (χ0n) is 9.26. The van der Waals surface area contributed by atoms with Gasteiger partial charge in [-0.3, -0.25) is 0 Å². The fourth-order valence-corrected chi connectivity index (χ4v) is 1.88. The maximum atomic E-state index is 10.3. The molecule has 1 atom stereocenters. The Hall–Kier alpha value is -1.65. The third kappa shape index (κ3) is 2.38. The molecule has 5 heteroatoms. The highest BCUT2D eigenvalue weighted by Crippen LogP contribution is 2.28. The average molecular weight is 250 g/mol. The first-order chi connectivity index (χ1) is 8.09. The molecule has 1 unspecified atom stereocenters. The van der Waals surface area contributed by atoms with Crippen LogP contribution in [0.25, 0.3) is 0 Å². The molecule has 0 amide bonds. The van der Waals surface area contributed by atoms with E-state index in [1.807, 2.05) is 6.92 Å². The largest absolute Gasteiger partial charge is 0.384 e. The molecule has 0 saturated carbocycles. The fraction of sp³-hybridized carbons (Fsp3) is 0.167. The Kier molecular flexibility index (Phi) is 3.26. The molecule has 0 fully saturated rings. The van der Waals surface area contributed by atoms with Crippen LogP contribution in [0.1, 0.15) is 22.8 Å². The number of rotatable bonds is 2. The second-order valence-electron chi connectivity index (χ2n) is 3.74. The van der Waals surface area contributed by atoms with Crippen molar-refractivity contribution in [2.24, 2.45) is 0 Å². The number of hydrogen-bond acceptors (Lipinski definition) is 4. The van der Waals surface area contributed by atoms with Gasteiger partial charge in [-0.2, -0.15) is 0 Å². The maximum Gasteiger partial charge on any atom is 0.129 e. The monoisotopic (exact) mass is 249 g/mol. The summed E-state index contributed by atoms with van der Waals surface area (Å²) in [6.07, 6.45) is 2.31. The number of aryl methyl sites for hydroxylation is 1. The zero-order chi connectivity index (χ0) is 12.4. The van der Waals surface area contributed by atoms with E-state index < -0.39 is 6.10 Å². The SMILES string of the molecule is Cc1ccnc(N)c1C(O)c1ccnc(Cl)c1. The molecule has 2 aromatic heterocycles. The van der Waals surface area contributed by atoms with Crippen molar-refractivity contribution >= 4 is 17.4 Å². The van der Waals surface area contributed by atoms with Gasteiger partial charge in [-0.1, -0.05) is 11.6 Å². The molecule has 2 heterocycles. The second-order valence-corrected chi connectivity index (χ2v) is 4.13. The Labute approximate surface area is 104 Å². The Balaban J connectivity index is 2.47. The van der Waals surface area contributed by atoms with E-state index in [4.69, 9.17) is 17.3 Å². The van der Waals surface area contributed by atoms with Crippen molar-refractivity contribution in [1.29, 1.82) is 0 Å². The Morgan fingerprint density at radius 3 is 2.65 bits per heavy atom. The van der Waals surface area contributed by atoms with Crippen LogP contribution in [-0.4, -0.2) is 15.1 Å². The maximum absolute atomic E-state index is 10.3. The summed E-state index contributed by atoms with van der Waals surface area (Å²) >= 11 is 5.79. The molecule has 88 valence electrons. The van der Waals surface area contributed by atoms with E-state index in [1.165, 1.54) is 0 Å². The summed E-state index contributed by atoms with van der Waals surface area (Å²) in [5.41, 5.74) is 7.92. The lowest BCUT2D eigenvalue weighted by molar-refractivity contribution is 0.220. The summed E-state index contributed by atoms with van der Waals surface area (Å²) in [5, 5.41) is 10.6. The van der Waals surface area contributed by atoms with Crippen molar-refractivity contribution in [2.75, 3.05) is 5.73 Å². The number of aliphatic hydroxyl groups is 1. The van der Waals surface area contributed by atoms with E-state index in [0.29, 0.717) is 22.1 Å². The molecular formula is C12H12ClN3O. The molecule has 0 aliphatic heterocycles. The molecule has 0 aliphatic rings. The summed E-state index contributed by atoms with van der Waals surface area (Å²) in [7, 11) is 0. The number of pyridine rings is 2. The average Bonchev–Trinajstić information content (AvgIpc) is 2.28. The van der Waals surface area contributed by atoms with Crippen LogP contribution in [0.4, 0.5) is 5.82 Å². The van der Waals surface area contributed by atoms with Crippen molar-refractivity contribution in [3.05, 3.63) is 52.4 Å². The fourth-order valence-electron chi connectivity index (χ4n) is 1.70. The molecule has 0 saturated heterocycles. The van der Waals surface area contributed by atoms with Gasteiger partial charge in [-0.15, -0.1) is 0 Å². The third-order valence-electron chi connectivity index (χ3n) is 2.58. The smallest absolute Gasteiger partial charge is 0.129 e. The number of nitrogen functional groups attached to an aromatic ring is 1. The van der Waals surface area contributed by atoms with Gasteiger partial charge in [0, 0.05) is 18.0 Å². The number of hydrogen-bond donors (Lipinski definition) is 2. The van der Waals surface area contributed by atoms with Crippen LogP contribution in [0.3, 0.4) is 0 Å². The van der Waals surface area contributed by atoms with Crippen LogP contribution < -0.4 is 5.73 Å². The highest BCUT2D eigenvalue weighted by atomic mass is 35.5. The summed E-state index contributed by atoms with van der Waals surface area (Å²) < 4.78 is 0. The number of aromatic nitrogens is 2. The van der Waals surface area contributed by atoms with Gasteiger partial charge in [0.2, 0.25) is 0 Å². The summed E-state index contributed by atoms with van der Waals surface area (Å²) in [4.78, 5) is 7.85. The lowest BCUT2D eigenvalue weighted by Crippen LogP contribution is -2.07. The Morgan fingerprint density at radius 2 is 2.00 bits per heavy atom. The van der Waals surface area contributed by atoms with Gasteiger partial charge in [-0.05, 0) is 36.2 Å². The minimum Gasteiger partial charge on any atom is -0.384 e. The normalized spacial score (nSPS) is 12.4. The van der Waals surface area contributed by atoms with Crippen LogP contribution in [-0.2, 0) is 0 Å². The van der Waals surface area contributed by atoms with Crippen LogP contribution in [0.5, 0.6) is 0 Å². The van der Waals surface area contributed by atoms with Gasteiger partial charge < -0.3 is 10.8 Å². The van der Waals surface area contributed by atoms with Crippen molar-refractivity contribution in [2.45, 2.75) is 13.0 Å². The Bertz CT molecular complexity index is 525. The Morgan fingerprint density at radius 1 is 1.29 bits per heavy atom. The van der Waals surface area contributed by atoms with Crippen LogP contribution in [0.2, 0.25) is 5.15 Å². The molecule has 0 bridgehead atoms. The molecule has 4 nitrogen and oxygen atoms in total. The summed E-state index contributed by atoms with van der Waals surface area (Å²) in [6, 6.07) is 5.11. The predicted molar refractivity (Wildman–Crippen MR) is 66.7 cm³/mol. The van der Waals surface area contributed by atoms with E-state index in [1.54, 1.807) is 30.6 Å². The van der Waals surface area contributed by atoms with Gasteiger partial charge in [0.1, 0.15) is 17.1 Å². The van der Waals surface area contributed by atoms with Crippen molar-refractivity contribution < 1.29 is 5.11 Å². The summed E-state index contributed by atoms with van der Waals surface area (Å²) in [6.45, 7) is 1.87. The lowest BCUT2D eigenvalue weighted by atomic mass is 9.99. The quantitative estimate of drug-likeness (QED) is 0.800.